The first-order chi connectivity index (χ1) is 9.41. The molecule has 1 heterocycles. The molecule has 1 N–H and O–H groups in total. The minimum Gasteiger partial charge on any atom is -1.00 e. The topological polar surface area (TPSA) is 21.3 Å². The van der Waals surface area contributed by atoms with E-state index in [1.165, 1.54) is 18.2 Å². The van der Waals surface area contributed by atoms with Gasteiger partial charge in [-0.25, -0.2) is 0 Å². The van der Waals surface area contributed by atoms with Gasteiger partial charge in [-0.05, 0) is 0 Å². The number of hydrogen-bond acceptors (Lipinski definition) is 2. The van der Waals surface area contributed by atoms with E-state index in [0.717, 1.165) is 0 Å². The zero-order valence-electron chi connectivity index (χ0n) is 15.7. The van der Waals surface area contributed by atoms with Gasteiger partial charge >= 0.3 is 148 Å². The molecule has 2 rings (SSSR count). The normalized spacial score (nSPS) is 26.6. The molecule has 2 aliphatic rings. The van der Waals surface area contributed by atoms with Crippen LogP contribution >= 0.6 is 0 Å². The molecule has 131 valence electrons. The van der Waals surface area contributed by atoms with Crippen molar-refractivity contribution in [3.63, 3.8) is 0 Å². The van der Waals surface area contributed by atoms with Crippen LogP contribution in [0.25, 0.3) is 0 Å². The second-order valence-electron chi connectivity index (χ2n) is 8.64. The van der Waals surface area contributed by atoms with Crippen molar-refractivity contribution in [3.8, 4) is 0 Å². The molecule has 1 saturated heterocycles. The van der Waals surface area contributed by atoms with Crippen LogP contribution in [0, 0.1) is 0 Å². The molecule has 7 heteroatoms. The van der Waals surface area contributed by atoms with Crippen molar-refractivity contribution in [2.45, 2.75) is 78.0 Å². The van der Waals surface area contributed by atoms with Gasteiger partial charge in [0.2, 0.25) is 0 Å². The Kier molecular flexibility index (Phi) is 8.18. The van der Waals surface area contributed by atoms with E-state index in [0.29, 0.717) is 0 Å². The first kappa shape index (κ1) is 24.1. The van der Waals surface area contributed by atoms with E-state index >= 15 is 0 Å². The zero-order chi connectivity index (χ0) is 16.2. The van der Waals surface area contributed by atoms with Crippen molar-refractivity contribution >= 4 is 16.4 Å². The van der Waals surface area contributed by atoms with E-state index in [1.807, 2.05) is 0 Å². The largest absolute Gasteiger partial charge is 1.00 e. The average Bonchev–Trinajstić information content (AvgIpc) is 2.76. The summed E-state index contributed by atoms with van der Waals surface area (Å²) in [4.78, 5) is 0. The van der Waals surface area contributed by atoms with Gasteiger partial charge in [0.15, 0.2) is 0 Å². The first-order valence-electron chi connectivity index (χ1n) is 8.08. The Morgan fingerprint density at radius 2 is 1.70 bits per heavy atom. The second-order valence-corrected chi connectivity index (χ2v) is 18.6. The Bertz CT molecular complexity index is 523. The summed E-state index contributed by atoms with van der Waals surface area (Å²) < 4.78 is 8.15. The molecule has 2 nitrogen and oxygen atoms in total. The van der Waals surface area contributed by atoms with Gasteiger partial charge in [-0.15, -0.1) is 0 Å². The minimum absolute atomic E-state index is 0. The summed E-state index contributed by atoms with van der Waals surface area (Å²) in [6.07, 6.45) is 1.55. The summed E-state index contributed by atoms with van der Waals surface area (Å²) in [5, 5.41) is 7.29. The summed E-state index contributed by atoms with van der Waals surface area (Å²) >= 11 is 1.55. The third-order valence-electron chi connectivity index (χ3n) is 4.09. The van der Waals surface area contributed by atoms with Crippen molar-refractivity contribution in [1.82, 2.24) is 5.32 Å². The van der Waals surface area contributed by atoms with Crippen molar-refractivity contribution in [2.24, 2.45) is 0 Å². The van der Waals surface area contributed by atoms with Crippen LogP contribution in [0.4, 0.5) is 0 Å². The van der Waals surface area contributed by atoms with Crippen LogP contribution < -0.4 is 30.1 Å². The third-order valence-corrected chi connectivity index (χ3v) is 11.4. The van der Waals surface area contributed by atoms with Gasteiger partial charge in [0, 0.05) is 0 Å². The van der Waals surface area contributed by atoms with Gasteiger partial charge in [-0.1, -0.05) is 0 Å². The molecule has 0 aromatic heterocycles. The van der Waals surface area contributed by atoms with Crippen LogP contribution in [0.2, 0.25) is 32.2 Å². The number of nitrogens with one attached hydrogen (secondary N) is 1. The molecular weight excluding hydrogens is 440 g/mol. The smallest absolute Gasteiger partial charge is 1.00 e. The summed E-state index contributed by atoms with van der Waals surface area (Å²) in [6.45, 7) is 18.5. The molecule has 0 spiro atoms. The van der Waals surface area contributed by atoms with Gasteiger partial charge in [0.25, 0.3) is 0 Å². The maximum Gasteiger partial charge on any atom is -1.00 e. The van der Waals surface area contributed by atoms with Crippen LogP contribution in [-0.4, -0.2) is 28.0 Å². The van der Waals surface area contributed by atoms with Crippen molar-refractivity contribution in [2.75, 3.05) is 0 Å². The fourth-order valence-corrected chi connectivity index (χ4v) is 12.6. The molecule has 0 aromatic carbocycles. The second kappa shape index (κ2) is 7.80. The van der Waals surface area contributed by atoms with E-state index in [-0.39, 0.29) is 36.5 Å². The molecule has 2 unspecified atom stereocenters. The fourth-order valence-electron chi connectivity index (χ4n) is 3.44. The number of allylic oxidation sites excluding steroid dienone is 2. The fraction of sp³-hybridized carbons (Fsp3) is 0.750. The van der Waals surface area contributed by atoms with Gasteiger partial charge in [-0.3, -0.25) is 0 Å². The van der Waals surface area contributed by atoms with Crippen LogP contribution in [0.3, 0.4) is 0 Å². The Labute approximate surface area is 172 Å². The molecule has 0 bridgehead atoms. The van der Waals surface area contributed by atoms with E-state index in [2.05, 4.69) is 59.2 Å². The van der Waals surface area contributed by atoms with E-state index in [9.17, 15) is 0 Å². The van der Waals surface area contributed by atoms with Crippen molar-refractivity contribution in [3.05, 3.63) is 19.4 Å². The van der Waals surface area contributed by atoms with Gasteiger partial charge in [0.1, 0.15) is 0 Å². The molecule has 2 atom stereocenters. The molecule has 0 amide bonds. The Morgan fingerprint density at radius 1 is 1.17 bits per heavy atom. The maximum absolute atomic E-state index is 6.55. The summed E-state index contributed by atoms with van der Waals surface area (Å²) in [7, 11) is -2.78. The molecule has 0 saturated carbocycles. The summed E-state index contributed by atoms with van der Waals surface area (Å²) in [5.74, 6) is 0. The molecule has 1 aliphatic heterocycles. The first-order valence-corrected chi connectivity index (χ1v) is 15.4. The SMILES string of the molecule is CCC[Si]1(C)C2=[C]([Zr+2])C(O[Si](C)(C)C)C(NC(C)(C)C)=C21.[Cl-].[Cl-]. The molecule has 0 aromatic rings. The standard InChI is InChI=1S/C16H30NOSi2.2ClH.Zr/c1-9-10-20(8)13-11-12(18-19(5,6)7)14(15(13)20)17-16(2,3)4;;;/h12,17H,9-10H2,1-8H3;2*1H;/q;;;+2/p-2. The molecular formula is C16H30Cl2NOSi2Zr. The maximum atomic E-state index is 6.55. The number of fused-ring (bicyclic) bond motifs is 1. The van der Waals surface area contributed by atoms with Gasteiger partial charge < -0.3 is 24.8 Å². The van der Waals surface area contributed by atoms with Crippen LogP contribution in [-0.2, 0) is 29.1 Å². The third kappa shape index (κ3) is 5.07. The van der Waals surface area contributed by atoms with Crippen LogP contribution in [0.15, 0.2) is 19.4 Å². The average molecular weight is 471 g/mol. The quantitative estimate of drug-likeness (QED) is 0.482. The van der Waals surface area contributed by atoms with E-state index < -0.39 is 16.4 Å². The van der Waals surface area contributed by atoms with Gasteiger partial charge in [0.05, 0.1) is 0 Å². The predicted octanol–water partition coefficient (Wildman–Crippen LogP) is -1.75. The van der Waals surface area contributed by atoms with Crippen molar-refractivity contribution in [1.29, 1.82) is 0 Å². The minimum atomic E-state index is -1.53. The predicted molar refractivity (Wildman–Crippen MR) is 91.9 cm³/mol. The Morgan fingerprint density at radius 3 is 2.09 bits per heavy atom. The molecule has 1 fully saturated rings. The summed E-state index contributed by atoms with van der Waals surface area (Å²) in [5.41, 5.74) is 1.55. The van der Waals surface area contributed by atoms with Crippen molar-refractivity contribution < 1.29 is 54.0 Å². The molecule has 23 heavy (non-hydrogen) atoms. The zero-order valence-corrected chi connectivity index (χ0v) is 21.6. The number of hydrogen-bond donors (Lipinski definition) is 1. The number of halogens is 2. The number of rotatable bonds is 5. The molecule has 1 aliphatic carbocycles. The van der Waals surface area contributed by atoms with E-state index in [1.54, 1.807) is 38.4 Å². The van der Waals surface area contributed by atoms with Crippen LogP contribution in [0.1, 0.15) is 34.1 Å². The van der Waals surface area contributed by atoms with E-state index in [4.69, 9.17) is 4.43 Å². The Hall–Kier alpha value is 1.14. The van der Waals surface area contributed by atoms with Crippen LogP contribution in [0.5, 0.6) is 0 Å². The van der Waals surface area contributed by atoms with Gasteiger partial charge in [-0.2, -0.15) is 0 Å². The summed E-state index contributed by atoms with van der Waals surface area (Å²) in [6, 6.07) is 1.41. The Balaban J connectivity index is 0.00000242. The molecule has 0 radical (unpaired) electrons. The monoisotopic (exact) mass is 468 g/mol.